The van der Waals surface area contributed by atoms with Crippen LogP contribution in [0.1, 0.15) is 18.9 Å². The van der Waals surface area contributed by atoms with Gasteiger partial charge in [-0.3, -0.25) is 0 Å². The number of hydrogen-bond donors (Lipinski definition) is 2. The van der Waals surface area contributed by atoms with Gasteiger partial charge in [-0.15, -0.1) is 0 Å². The third kappa shape index (κ3) is 5.46. The second-order valence-corrected chi connectivity index (χ2v) is 5.90. The van der Waals surface area contributed by atoms with Gasteiger partial charge in [0.15, 0.2) is 11.5 Å². The lowest BCUT2D eigenvalue weighted by Crippen LogP contribution is -2.28. The summed E-state index contributed by atoms with van der Waals surface area (Å²) < 4.78 is 16.0. The van der Waals surface area contributed by atoms with Gasteiger partial charge in [0.05, 0.1) is 25.8 Å². The summed E-state index contributed by atoms with van der Waals surface area (Å²) in [5, 5.41) is 5.98. The molecule has 0 spiro atoms. The predicted molar refractivity (Wildman–Crippen MR) is 103 cm³/mol. The first kappa shape index (κ1) is 19.7. The predicted octanol–water partition coefficient (Wildman–Crippen LogP) is 4.47. The summed E-state index contributed by atoms with van der Waals surface area (Å²) in [6, 6.07) is 10.3. The first-order valence-electron chi connectivity index (χ1n) is 8.25. The topological polar surface area (TPSA) is 68.8 Å². The number of carbonyl (C=O) groups excluding carboxylic acids is 1. The lowest BCUT2D eigenvalue weighted by molar-refractivity contribution is 0.251. The number of halogens is 1. The maximum Gasteiger partial charge on any atom is 0.319 e. The number of urea groups is 1. The smallest absolute Gasteiger partial charge is 0.319 e. The van der Waals surface area contributed by atoms with Crippen molar-refractivity contribution in [1.29, 1.82) is 0 Å². The number of nitrogens with one attached hydrogen (secondary N) is 2. The first-order valence-corrected chi connectivity index (χ1v) is 8.63. The van der Waals surface area contributed by atoms with E-state index in [1.165, 1.54) is 0 Å². The van der Waals surface area contributed by atoms with Gasteiger partial charge in [-0.25, -0.2) is 4.79 Å². The van der Waals surface area contributed by atoms with Crippen molar-refractivity contribution in [3.8, 4) is 17.2 Å². The number of methoxy groups -OCH3 is 2. The Balaban J connectivity index is 1.91. The number of carbonyl (C=O) groups is 1. The van der Waals surface area contributed by atoms with Gasteiger partial charge in [0.25, 0.3) is 0 Å². The molecule has 6 nitrogen and oxygen atoms in total. The van der Waals surface area contributed by atoms with Gasteiger partial charge < -0.3 is 24.8 Å². The lowest BCUT2D eigenvalue weighted by atomic mass is 10.2. The van der Waals surface area contributed by atoms with Crippen molar-refractivity contribution in [2.24, 2.45) is 0 Å². The van der Waals surface area contributed by atoms with E-state index in [1.807, 2.05) is 19.1 Å². The molecule has 0 radical (unpaired) electrons. The largest absolute Gasteiger partial charge is 0.493 e. The minimum atomic E-state index is -0.335. The molecule has 0 aromatic heterocycles. The molecule has 0 bridgehead atoms. The molecule has 0 heterocycles. The molecule has 0 aliphatic carbocycles. The number of benzene rings is 2. The Morgan fingerprint density at radius 3 is 2.42 bits per heavy atom. The van der Waals surface area contributed by atoms with Crippen molar-refractivity contribution in [2.75, 3.05) is 26.1 Å². The number of amides is 2. The molecule has 0 unspecified atom stereocenters. The van der Waals surface area contributed by atoms with Crippen LogP contribution in [0, 0.1) is 0 Å². The molecule has 2 aromatic carbocycles. The molecule has 0 atom stereocenters. The Kier molecular flexibility index (Phi) is 7.41. The van der Waals surface area contributed by atoms with Gasteiger partial charge in [-0.2, -0.15) is 0 Å². The number of ether oxygens (including phenoxy) is 3. The highest BCUT2D eigenvalue weighted by Crippen LogP contribution is 2.28. The van der Waals surface area contributed by atoms with E-state index in [1.54, 1.807) is 38.5 Å². The second-order valence-electron chi connectivity index (χ2n) is 5.49. The van der Waals surface area contributed by atoms with E-state index in [9.17, 15) is 4.79 Å². The van der Waals surface area contributed by atoms with E-state index in [4.69, 9.17) is 25.8 Å². The van der Waals surface area contributed by atoms with E-state index < -0.39 is 0 Å². The summed E-state index contributed by atoms with van der Waals surface area (Å²) in [6.07, 6.45) is 0.898. The quantitative estimate of drug-likeness (QED) is 0.711. The highest BCUT2D eigenvalue weighted by atomic mass is 35.5. The molecule has 0 aliphatic rings. The lowest BCUT2D eigenvalue weighted by Gasteiger charge is -2.12. The van der Waals surface area contributed by atoms with Crippen LogP contribution < -0.4 is 24.8 Å². The molecular weight excluding hydrogens is 356 g/mol. The van der Waals surface area contributed by atoms with Crippen LogP contribution in [0.4, 0.5) is 10.5 Å². The molecular formula is C19H23ClN2O4. The number of hydrogen-bond acceptors (Lipinski definition) is 4. The molecule has 26 heavy (non-hydrogen) atoms. The Hall–Kier alpha value is -2.60. The zero-order valence-electron chi connectivity index (χ0n) is 15.1. The normalized spacial score (nSPS) is 10.2. The van der Waals surface area contributed by atoms with Gasteiger partial charge in [0.2, 0.25) is 0 Å². The maximum absolute atomic E-state index is 12.1. The van der Waals surface area contributed by atoms with Crippen LogP contribution in [-0.4, -0.2) is 26.9 Å². The van der Waals surface area contributed by atoms with E-state index >= 15 is 0 Å². The number of rotatable bonds is 8. The molecule has 140 valence electrons. The Bertz CT molecular complexity index is 752. The van der Waals surface area contributed by atoms with Gasteiger partial charge in [0.1, 0.15) is 5.75 Å². The van der Waals surface area contributed by atoms with Crippen molar-refractivity contribution in [1.82, 2.24) is 5.32 Å². The van der Waals surface area contributed by atoms with Crippen LogP contribution in [0.3, 0.4) is 0 Å². The fraction of sp³-hybridized carbons (Fsp3) is 0.316. The molecule has 0 saturated heterocycles. The summed E-state index contributed by atoms with van der Waals surface area (Å²) >= 11 is 6.16. The van der Waals surface area contributed by atoms with Crippen LogP contribution in [0.25, 0.3) is 0 Å². The number of anilines is 1. The zero-order valence-corrected chi connectivity index (χ0v) is 15.9. The van der Waals surface area contributed by atoms with Crippen LogP contribution in [-0.2, 0) is 6.54 Å². The van der Waals surface area contributed by atoms with E-state index in [0.717, 1.165) is 12.0 Å². The summed E-state index contributed by atoms with van der Waals surface area (Å²) in [6.45, 7) is 2.96. The molecule has 2 aromatic rings. The van der Waals surface area contributed by atoms with Crippen molar-refractivity contribution >= 4 is 23.3 Å². The molecule has 0 saturated carbocycles. The first-order chi connectivity index (χ1) is 12.6. The van der Waals surface area contributed by atoms with E-state index in [0.29, 0.717) is 41.1 Å². The summed E-state index contributed by atoms with van der Waals surface area (Å²) in [7, 11) is 3.15. The van der Waals surface area contributed by atoms with Gasteiger partial charge in [-0.05, 0) is 42.3 Å². The van der Waals surface area contributed by atoms with Crippen molar-refractivity contribution in [2.45, 2.75) is 19.9 Å². The van der Waals surface area contributed by atoms with Gasteiger partial charge >= 0.3 is 6.03 Å². The SMILES string of the molecule is CCCOc1ccc(NC(=O)NCc2ccc(OC)c(OC)c2)cc1Cl. The third-order valence-electron chi connectivity index (χ3n) is 3.55. The standard InChI is InChI=1S/C19H23ClN2O4/c1-4-9-26-16-8-6-14(11-15(16)20)22-19(23)21-12-13-5-7-17(24-2)18(10-13)25-3/h5-8,10-11H,4,9,12H2,1-3H3,(H2,21,22,23). The van der Waals surface area contributed by atoms with Gasteiger partial charge in [-0.1, -0.05) is 24.6 Å². The molecule has 2 N–H and O–H groups in total. The van der Waals surface area contributed by atoms with E-state index in [2.05, 4.69) is 10.6 Å². The average molecular weight is 379 g/mol. The molecule has 2 amide bonds. The fourth-order valence-electron chi connectivity index (χ4n) is 2.26. The summed E-state index contributed by atoms with van der Waals surface area (Å²) in [5.41, 5.74) is 1.47. The van der Waals surface area contributed by atoms with E-state index in [-0.39, 0.29) is 6.03 Å². The summed E-state index contributed by atoms with van der Waals surface area (Å²) in [5.74, 6) is 1.85. The van der Waals surface area contributed by atoms with Crippen molar-refractivity contribution in [3.63, 3.8) is 0 Å². The molecule has 0 fully saturated rings. The Morgan fingerprint density at radius 2 is 1.77 bits per heavy atom. The minimum absolute atomic E-state index is 0.335. The van der Waals surface area contributed by atoms with Crippen molar-refractivity contribution in [3.05, 3.63) is 47.0 Å². The molecule has 0 aliphatic heterocycles. The van der Waals surface area contributed by atoms with Crippen molar-refractivity contribution < 1.29 is 19.0 Å². The minimum Gasteiger partial charge on any atom is -0.493 e. The Morgan fingerprint density at radius 1 is 1.04 bits per heavy atom. The third-order valence-corrected chi connectivity index (χ3v) is 3.85. The monoisotopic (exact) mass is 378 g/mol. The van der Waals surface area contributed by atoms with Crippen LogP contribution in [0.5, 0.6) is 17.2 Å². The highest BCUT2D eigenvalue weighted by Gasteiger charge is 2.08. The molecule has 7 heteroatoms. The van der Waals surface area contributed by atoms with Crippen LogP contribution in [0.2, 0.25) is 5.02 Å². The average Bonchev–Trinajstić information content (AvgIpc) is 2.65. The molecule has 2 rings (SSSR count). The van der Waals surface area contributed by atoms with Crippen LogP contribution in [0.15, 0.2) is 36.4 Å². The second kappa shape index (κ2) is 9.77. The fourth-order valence-corrected chi connectivity index (χ4v) is 2.49. The highest BCUT2D eigenvalue weighted by molar-refractivity contribution is 6.32. The van der Waals surface area contributed by atoms with Gasteiger partial charge in [0, 0.05) is 12.2 Å². The Labute approximate surface area is 158 Å². The zero-order chi connectivity index (χ0) is 18.9. The summed E-state index contributed by atoms with van der Waals surface area (Å²) in [4.78, 5) is 12.1. The maximum atomic E-state index is 12.1. The van der Waals surface area contributed by atoms with Crippen LogP contribution >= 0.6 is 11.6 Å².